The highest BCUT2D eigenvalue weighted by Crippen LogP contribution is 2.33. The van der Waals surface area contributed by atoms with Crippen LogP contribution in [0.5, 0.6) is 0 Å². The van der Waals surface area contributed by atoms with Crippen LogP contribution in [0.25, 0.3) is 16.9 Å². The Bertz CT molecular complexity index is 873. The number of alkyl halides is 4. The third-order valence-corrected chi connectivity index (χ3v) is 3.51. The summed E-state index contributed by atoms with van der Waals surface area (Å²) in [4.78, 5) is 7.17. The predicted octanol–water partition coefficient (Wildman–Crippen LogP) is 4.49. The molecule has 3 heterocycles. The van der Waals surface area contributed by atoms with Crippen molar-refractivity contribution in [2.24, 2.45) is 0 Å². The smallest absolute Gasteiger partial charge is 0.250 e. The Morgan fingerprint density at radius 3 is 2.61 bits per heavy atom. The molecule has 0 radical (unpaired) electrons. The van der Waals surface area contributed by atoms with E-state index in [-0.39, 0.29) is 5.69 Å². The maximum Gasteiger partial charge on any atom is 0.288 e. The molecule has 0 bridgehead atoms. The zero-order valence-electron chi connectivity index (χ0n) is 11.6. The maximum atomic E-state index is 13.4. The summed E-state index contributed by atoms with van der Waals surface area (Å²) in [7, 11) is 0. The maximum absolute atomic E-state index is 13.4. The molecule has 23 heavy (non-hydrogen) atoms. The van der Waals surface area contributed by atoms with Crippen molar-refractivity contribution in [3.8, 4) is 11.4 Å². The number of pyridine rings is 1. The van der Waals surface area contributed by atoms with Gasteiger partial charge in [0, 0.05) is 6.92 Å². The second-order valence-corrected chi connectivity index (χ2v) is 5.28. The minimum absolute atomic E-state index is 0.00123. The van der Waals surface area contributed by atoms with Gasteiger partial charge >= 0.3 is 0 Å². The molecule has 0 spiro atoms. The quantitative estimate of drug-likeness (QED) is 0.657. The van der Waals surface area contributed by atoms with Crippen LogP contribution < -0.4 is 0 Å². The average molecular weight is 345 g/mol. The molecule has 0 atom stereocenters. The first-order chi connectivity index (χ1) is 10.8. The van der Waals surface area contributed by atoms with Crippen molar-refractivity contribution in [3.05, 3.63) is 47.0 Å². The fourth-order valence-corrected chi connectivity index (χ4v) is 2.40. The summed E-state index contributed by atoms with van der Waals surface area (Å²) in [5, 5.41) is 4.44. The summed E-state index contributed by atoms with van der Waals surface area (Å²) >= 11 is 6.01. The molecule has 0 aliphatic heterocycles. The van der Waals surface area contributed by atoms with E-state index in [1.807, 2.05) is 0 Å². The van der Waals surface area contributed by atoms with Crippen molar-refractivity contribution >= 4 is 17.1 Å². The lowest BCUT2D eigenvalue weighted by Gasteiger charge is -2.15. The zero-order chi connectivity index (χ0) is 16.8. The van der Waals surface area contributed by atoms with Gasteiger partial charge in [0.25, 0.3) is 12.3 Å². The van der Waals surface area contributed by atoms with Gasteiger partial charge < -0.3 is 0 Å². The number of fused-ring (bicyclic) bond motifs is 1. The largest absolute Gasteiger partial charge is 0.288 e. The van der Waals surface area contributed by atoms with Gasteiger partial charge in [-0.3, -0.25) is 4.98 Å². The van der Waals surface area contributed by atoms with Crippen molar-refractivity contribution in [2.75, 3.05) is 0 Å². The molecule has 0 fully saturated rings. The summed E-state index contributed by atoms with van der Waals surface area (Å²) in [6, 6.07) is 4.67. The minimum atomic E-state index is -3.52. The normalized spacial score (nSPS) is 12.3. The van der Waals surface area contributed by atoms with E-state index in [1.165, 1.54) is 16.8 Å². The van der Waals surface area contributed by atoms with Crippen molar-refractivity contribution in [3.63, 3.8) is 0 Å². The van der Waals surface area contributed by atoms with Gasteiger partial charge in [0.05, 0.1) is 28.6 Å². The summed E-state index contributed by atoms with van der Waals surface area (Å²) in [6.45, 7) is 0.497. The standard InChI is InChI=1S/C14H9ClF4N4/c1-14(18,19)12-11(13(16)17)22-8(6-20-12)10-3-2-7(15)9-4-5-21-23(9)10/h2-6,13H,1H3. The highest BCUT2D eigenvalue weighted by molar-refractivity contribution is 6.33. The second-order valence-electron chi connectivity index (χ2n) is 4.87. The molecule has 0 unspecified atom stereocenters. The monoisotopic (exact) mass is 344 g/mol. The Kier molecular flexibility index (Phi) is 3.71. The molecule has 3 aromatic heterocycles. The summed E-state index contributed by atoms with van der Waals surface area (Å²) < 4.78 is 54.4. The van der Waals surface area contributed by atoms with Crippen molar-refractivity contribution in [1.29, 1.82) is 0 Å². The number of aromatic nitrogens is 4. The molecule has 9 heteroatoms. The Hall–Kier alpha value is -2.22. The highest BCUT2D eigenvalue weighted by atomic mass is 35.5. The molecule has 3 aromatic rings. The lowest BCUT2D eigenvalue weighted by atomic mass is 10.2. The van der Waals surface area contributed by atoms with Crippen molar-refractivity contribution in [1.82, 2.24) is 19.6 Å². The fourth-order valence-electron chi connectivity index (χ4n) is 2.20. The fraction of sp³-hybridized carbons (Fsp3) is 0.214. The van der Waals surface area contributed by atoms with Crippen molar-refractivity contribution in [2.45, 2.75) is 19.3 Å². The third-order valence-electron chi connectivity index (χ3n) is 3.19. The van der Waals surface area contributed by atoms with Gasteiger partial charge in [-0.15, -0.1) is 0 Å². The Labute approximate surface area is 132 Å². The topological polar surface area (TPSA) is 43.1 Å². The molecule has 0 saturated carbocycles. The van der Waals surface area contributed by atoms with E-state index < -0.39 is 23.7 Å². The molecule has 3 rings (SSSR count). The summed E-state index contributed by atoms with van der Waals surface area (Å²) in [5.74, 6) is -3.52. The van der Waals surface area contributed by atoms with Crippen LogP contribution in [0, 0.1) is 0 Å². The molecular formula is C14H9ClF4N4. The molecule has 4 nitrogen and oxygen atoms in total. The number of nitrogens with zero attached hydrogens (tertiary/aromatic N) is 4. The SMILES string of the molecule is CC(F)(F)c1ncc(-c2ccc(Cl)c3ccnn23)nc1C(F)F. The van der Waals surface area contributed by atoms with Crippen LogP contribution in [0.2, 0.25) is 5.02 Å². The molecule has 0 aliphatic carbocycles. The molecule has 0 aliphatic rings. The molecular weight excluding hydrogens is 336 g/mol. The molecule has 0 N–H and O–H groups in total. The van der Waals surface area contributed by atoms with Gasteiger partial charge in [0.2, 0.25) is 0 Å². The second kappa shape index (κ2) is 5.45. The van der Waals surface area contributed by atoms with E-state index in [9.17, 15) is 17.6 Å². The van der Waals surface area contributed by atoms with Crippen LogP contribution in [-0.4, -0.2) is 19.6 Å². The van der Waals surface area contributed by atoms with Crippen LogP contribution in [0.1, 0.15) is 24.7 Å². The molecule has 120 valence electrons. The first-order valence-corrected chi connectivity index (χ1v) is 6.83. The van der Waals surface area contributed by atoms with E-state index in [0.29, 0.717) is 23.2 Å². The Morgan fingerprint density at radius 1 is 1.22 bits per heavy atom. The lowest BCUT2D eigenvalue weighted by molar-refractivity contribution is 0.00648. The van der Waals surface area contributed by atoms with Crippen LogP contribution in [0.3, 0.4) is 0 Å². The lowest BCUT2D eigenvalue weighted by Crippen LogP contribution is -2.16. The average Bonchev–Trinajstić information content (AvgIpc) is 2.96. The van der Waals surface area contributed by atoms with Gasteiger partial charge in [0.15, 0.2) is 0 Å². The van der Waals surface area contributed by atoms with Gasteiger partial charge in [0.1, 0.15) is 17.1 Å². The van der Waals surface area contributed by atoms with Gasteiger partial charge in [-0.25, -0.2) is 18.3 Å². The Morgan fingerprint density at radius 2 is 1.96 bits per heavy atom. The van der Waals surface area contributed by atoms with Crippen LogP contribution >= 0.6 is 11.6 Å². The summed E-state index contributed by atoms with van der Waals surface area (Å²) in [6.07, 6.45) is -0.687. The van der Waals surface area contributed by atoms with Crippen LogP contribution in [-0.2, 0) is 5.92 Å². The predicted molar refractivity (Wildman–Crippen MR) is 75.8 cm³/mol. The van der Waals surface area contributed by atoms with E-state index >= 15 is 0 Å². The first-order valence-electron chi connectivity index (χ1n) is 6.45. The van der Waals surface area contributed by atoms with Crippen LogP contribution in [0.15, 0.2) is 30.6 Å². The van der Waals surface area contributed by atoms with Gasteiger partial charge in [-0.2, -0.15) is 13.9 Å². The van der Waals surface area contributed by atoms with E-state index in [1.54, 1.807) is 12.1 Å². The van der Waals surface area contributed by atoms with E-state index in [2.05, 4.69) is 15.1 Å². The number of hydrogen-bond acceptors (Lipinski definition) is 3. The van der Waals surface area contributed by atoms with Gasteiger partial charge in [-0.1, -0.05) is 11.6 Å². The summed E-state index contributed by atoms with van der Waals surface area (Å²) in [5.41, 5.74) is -1.24. The molecule has 0 saturated heterocycles. The third kappa shape index (κ3) is 2.74. The number of rotatable bonds is 3. The van der Waals surface area contributed by atoms with E-state index in [0.717, 1.165) is 6.20 Å². The number of halogens is 5. The van der Waals surface area contributed by atoms with Crippen molar-refractivity contribution < 1.29 is 17.6 Å². The molecule has 0 aromatic carbocycles. The molecule has 0 amide bonds. The van der Waals surface area contributed by atoms with E-state index in [4.69, 9.17) is 11.6 Å². The first kappa shape index (κ1) is 15.7. The van der Waals surface area contributed by atoms with Crippen LogP contribution in [0.4, 0.5) is 17.6 Å². The number of hydrogen-bond donors (Lipinski definition) is 0. The minimum Gasteiger partial charge on any atom is -0.250 e. The highest BCUT2D eigenvalue weighted by Gasteiger charge is 2.34. The zero-order valence-corrected chi connectivity index (χ0v) is 12.4. The Balaban J connectivity index is 2.22. The van der Waals surface area contributed by atoms with Gasteiger partial charge in [-0.05, 0) is 18.2 Å².